The third kappa shape index (κ3) is 4.92. The first-order chi connectivity index (χ1) is 15.7. The fourth-order valence-electron chi connectivity index (χ4n) is 4.01. The highest BCUT2D eigenvalue weighted by molar-refractivity contribution is 7.89. The standard InChI is InChI=1S/C22H26FN5O3S2/c1-25(2)33(30,31)20-7-3-5-16(13-20)21-24-27(15-26-12-4-6-19(29)14-26)22(32)28(21)18-10-8-17(23)9-11-18/h3,5,7-11,13,19,29H,4,6,12,14-15H2,1-2H3/p+1/t19-/m1/s1. The molecule has 0 amide bonds. The van der Waals surface area contributed by atoms with E-state index in [0.29, 0.717) is 35.1 Å². The third-order valence-electron chi connectivity index (χ3n) is 5.76. The van der Waals surface area contributed by atoms with Gasteiger partial charge in [0.2, 0.25) is 14.8 Å². The monoisotopic (exact) mass is 492 g/mol. The maximum atomic E-state index is 13.6. The number of aromatic nitrogens is 3. The van der Waals surface area contributed by atoms with Crippen molar-refractivity contribution in [1.29, 1.82) is 0 Å². The van der Waals surface area contributed by atoms with E-state index in [4.69, 9.17) is 17.3 Å². The molecule has 0 saturated carbocycles. The van der Waals surface area contributed by atoms with Crippen molar-refractivity contribution in [1.82, 2.24) is 18.7 Å². The van der Waals surface area contributed by atoms with Crippen LogP contribution in [-0.4, -0.2) is 65.5 Å². The number of aliphatic hydroxyl groups is 1. The molecule has 2 heterocycles. The van der Waals surface area contributed by atoms with Crippen molar-refractivity contribution in [3.63, 3.8) is 0 Å². The van der Waals surface area contributed by atoms with Crippen LogP contribution in [0.4, 0.5) is 4.39 Å². The summed E-state index contributed by atoms with van der Waals surface area (Å²) in [6.45, 7) is 1.97. The Hall–Kier alpha value is -2.44. The minimum Gasteiger partial charge on any atom is -0.387 e. The molecular formula is C22H27FN5O3S2+. The Morgan fingerprint density at radius 1 is 1.24 bits per heavy atom. The summed E-state index contributed by atoms with van der Waals surface area (Å²) in [6, 6.07) is 12.4. The summed E-state index contributed by atoms with van der Waals surface area (Å²) >= 11 is 5.74. The molecule has 1 unspecified atom stereocenters. The number of quaternary nitrogens is 1. The molecule has 0 radical (unpaired) electrons. The molecule has 1 saturated heterocycles. The Morgan fingerprint density at radius 3 is 2.64 bits per heavy atom. The van der Waals surface area contributed by atoms with E-state index in [1.165, 1.54) is 32.3 Å². The molecule has 8 nitrogen and oxygen atoms in total. The summed E-state index contributed by atoms with van der Waals surface area (Å²) in [6.07, 6.45) is 1.35. The van der Waals surface area contributed by atoms with Crippen LogP contribution in [0.3, 0.4) is 0 Å². The number of nitrogens with zero attached hydrogens (tertiary/aromatic N) is 4. The Morgan fingerprint density at radius 2 is 1.97 bits per heavy atom. The number of nitrogens with one attached hydrogen (secondary N) is 1. The van der Waals surface area contributed by atoms with Gasteiger partial charge in [-0.05, 0) is 61.5 Å². The number of benzene rings is 2. The SMILES string of the molecule is CN(C)S(=O)(=O)c1cccc(-c2nn(C[NH+]3CCC[C@@H](O)C3)c(=S)n2-c2ccc(F)cc2)c1. The molecule has 2 N–H and O–H groups in total. The van der Waals surface area contributed by atoms with Gasteiger partial charge in [-0.3, -0.25) is 4.57 Å². The minimum absolute atomic E-state index is 0.140. The summed E-state index contributed by atoms with van der Waals surface area (Å²) in [7, 11) is -0.683. The highest BCUT2D eigenvalue weighted by atomic mass is 32.2. The molecule has 1 aromatic heterocycles. The smallest absolute Gasteiger partial charge is 0.242 e. The molecule has 11 heteroatoms. The number of aliphatic hydroxyl groups excluding tert-OH is 1. The number of halogens is 1. The lowest BCUT2D eigenvalue weighted by Gasteiger charge is -2.26. The molecule has 1 fully saturated rings. The van der Waals surface area contributed by atoms with E-state index in [1.807, 2.05) is 0 Å². The van der Waals surface area contributed by atoms with Gasteiger partial charge in [0.25, 0.3) is 0 Å². The van der Waals surface area contributed by atoms with Crippen LogP contribution in [0.25, 0.3) is 17.1 Å². The fraction of sp³-hybridized carbons (Fsp3) is 0.364. The van der Waals surface area contributed by atoms with E-state index in [1.54, 1.807) is 39.6 Å². The van der Waals surface area contributed by atoms with E-state index in [0.717, 1.165) is 28.6 Å². The molecule has 1 aliphatic heterocycles. The maximum Gasteiger partial charge on any atom is 0.242 e. The van der Waals surface area contributed by atoms with Crippen molar-refractivity contribution in [3.8, 4) is 17.1 Å². The van der Waals surface area contributed by atoms with Gasteiger partial charge in [0.05, 0.1) is 17.1 Å². The van der Waals surface area contributed by atoms with E-state index in [2.05, 4.69) is 0 Å². The van der Waals surface area contributed by atoms with Crippen LogP contribution >= 0.6 is 12.2 Å². The van der Waals surface area contributed by atoms with Gasteiger partial charge in [-0.2, -0.15) is 4.68 Å². The van der Waals surface area contributed by atoms with Crippen LogP contribution in [-0.2, 0) is 16.7 Å². The molecule has 4 rings (SSSR count). The molecule has 2 aromatic carbocycles. The van der Waals surface area contributed by atoms with E-state index in [9.17, 15) is 17.9 Å². The van der Waals surface area contributed by atoms with Gasteiger partial charge in [-0.15, -0.1) is 5.10 Å². The quantitative estimate of drug-likeness (QED) is 0.509. The molecule has 0 bridgehead atoms. The van der Waals surface area contributed by atoms with Crippen molar-refractivity contribution in [3.05, 3.63) is 59.1 Å². The number of piperidine rings is 1. The number of rotatable bonds is 6. The van der Waals surface area contributed by atoms with Crippen molar-refractivity contribution < 1.29 is 22.8 Å². The number of hydrogen-bond donors (Lipinski definition) is 2. The number of sulfonamides is 1. The van der Waals surface area contributed by atoms with E-state index >= 15 is 0 Å². The lowest BCUT2D eigenvalue weighted by molar-refractivity contribution is -0.931. The zero-order valence-electron chi connectivity index (χ0n) is 18.5. The van der Waals surface area contributed by atoms with Crippen LogP contribution in [0.15, 0.2) is 53.4 Å². The van der Waals surface area contributed by atoms with Crippen LogP contribution in [0.5, 0.6) is 0 Å². The topological polar surface area (TPSA) is 84.8 Å². The predicted molar refractivity (Wildman–Crippen MR) is 125 cm³/mol. The average molecular weight is 493 g/mol. The highest BCUT2D eigenvalue weighted by Gasteiger charge is 2.24. The lowest BCUT2D eigenvalue weighted by Crippen LogP contribution is -3.13. The van der Waals surface area contributed by atoms with E-state index in [-0.39, 0.29) is 16.8 Å². The Bertz CT molecular complexity index is 1300. The average Bonchev–Trinajstić information content (AvgIpc) is 3.10. The molecule has 0 aliphatic carbocycles. The molecule has 2 atom stereocenters. The normalized spacial score (nSPS) is 19.2. The fourth-order valence-corrected chi connectivity index (χ4v) is 5.25. The summed E-state index contributed by atoms with van der Waals surface area (Å²) in [5, 5.41) is 14.8. The Balaban J connectivity index is 1.83. The first-order valence-corrected chi connectivity index (χ1v) is 12.5. The molecule has 1 aliphatic rings. The van der Waals surface area contributed by atoms with Crippen LogP contribution in [0.1, 0.15) is 12.8 Å². The second-order valence-corrected chi connectivity index (χ2v) is 10.9. The summed E-state index contributed by atoms with van der Waals surface area (Å²) in [5.74, 6) is 0.0874. The first kappa shape index (κ1) is 23.7. The van der Waals surface area contributed by atoms with Gasteiger partial charge in [0, 0.05) is 19.7 Å². The van der Waals surface area contributed by atoms with Crippen LogP contribution < -0.4 is 4.90 Å². The van der Waals surface area contributed by atoms with Gasteiger partial charge in [-0.25, -0.2) is 17.1 Å². The zero-order chi connectivity index (χ0) is 23.8. The van der Waals surface area contributed by atoms with Crippen molar-refractivity contribution in [2.24, 2.45) is 0 Å². The van der Waals surface area contributed by atoms with Gasteiger partial charge < -0.3 is 10.0 Å². The Kier molecular flexibility index (Phi) is 6.78. The molecule has 3 aromatic rings. The van der Waals surface area contributed by atoms with Crippen molar-refractivity contribution >= 4 is 22.2 Å². The summed E-state index contributed by atoms with van der Waals surface area (Å²) in [4.78, 5) is 1.30. The van der Waals surface area contributed by atoms with E-state index < -0.39 is 10.0 Å². The van der Waals surface area contributed by atoms with Gasteiger partial charge in [0.1, 0.15) is 18.5 Å². The minimum atomic E-state index is -3.64. The number of likely N-dealkylation sites (tertiary alicyclic amines) is 1. The highest BCUT2D eigenvalue weighted by Crippen LogP contribution is 2.26. The van der Waals surface area contributed by atoms with Crippen molar-refractivity contribution in [2.45, 2.75) is 30.5 Å². The second-order valence-electron chi connectivity index (χ2n) is 8.39. The maximum absolute atomic E-state index is 13.6. The molecule has 33 heavy (non-hydrogen) atoms. The summed E-state index contributed by atoms with van der Waals surface area (Å²) in [5.41, 5.74) is 1.19. The first-order valence-electron chi connectivity index (χ1n) is 10.7. The van der Waals surface area contributed by atoms with Gasteiger partial charge in [-0.1, -0.05) is 12.1 Å². The largest absolute Gasteiger partial charge is 0.387 e. The van der Waals surface area contributed by atoms with Crippen molar-refractivity contribution in [2.75, 3.05) is 27.2 Å². The van der Waals surface area contributed by atoms with Crippen LogP contribution in [0, 0.1) is 10.6 Å². The van der Waals surface area contributed by atoms with Crippen LogP contribution in [0.2, 0.25) is 0 Å². The van der Waals surface area contributed by atoms with Gasteiger partial charge in [0.15, 0.2) is 12.5 Å². The third-order valence-corrected chi connectivity index (χ3v) is 7.96. The molecule has 0 spiro atoms. The summed E-state index contributed by atoms with van der Waals surface area (Å²) < 4.78 is 43.9. The lowest BCUT2D eigenvalue weighted by atomic mass is 10.1. The van der Waals surface area contributed by atoms with Gasteiger partial charge >= 0.3 is 0 Å². The molecular weight excluding hydrogens is 465 g/mol. The molecule has 176 valence electrons. The Labute approximate surface area is 197 Å². The number of hydrogen-bond acceptors (Lipinski definition) is 5. The second kappa shape index (κ2) is 9.43. The predicted octanol–water partition coefficient (Wildman–Crippen LogP) is 1.46. The zero-order valence-corrected chi connectivity index (χ0v) is 20.1.